The number of carbonyl (C=O) groups is 2. The molecule has 1 fully saturated rings. The van der Waals surface area contributed by atoms with Crippen molar-refractivity contribution in [2.24, 2.45) is 0 Å². The Kier molecular flexibility index (Phi) is 4.90. The molecule has 0 saturated carbocycles. The molecule has 1 amide bonds. The van der Waals surface area contributed by atoms with Crippen LogP contribution in [-0.2, 0) is 14.3 Å². The summed E-state index contributed by atoms with van der Waals surface area (Å²) in [7, 11) is 4.48. The van der Waals surface area contributed by atoms with Crippen LogP contribution in [0, 0.1) is 0 Å². The molecule has 0 spiro atoms. The number of amides is 1. The molecule has 1 heterocycles. The Morgan fingerprint density at radius 1 is 1.18 bits per heavy atom. The molecular formula is C16H21NO5. The van der Waals surface area contributed by atoms with Gasteiger partial charge in [0.25, 0.3) is 0 Å². The molecule has 0 bridgehead atoms. The first-order valence-electron chi connectivity index (χ1n) is 7.13. The SMILES string of the molecule is COC(=O)C1CCC(=O)N1C(C)c1cc(OC)cc(OC)c1. The summed E-state index contributed by atoms with van der Waals surface area (Å²) in [5, 5.41) is 0. The summed E-state index contributed by atoms with van der Waals surface area (Å²) in [5.41, 5.74) is 0.848. The van der Waals surface area contributed by atoms with Crippen molar-refractivity contribution < 1.29 is 23.8 Å². The highest BCUT2D eigenvalue weighted by molar-refractivity contribution is 5.88. The van der Waals surface area contributed by atoms with Crippen LogP contribution >= 0.6 is 0 Å². The van der Waals surface area contributed by atoms with E-state index in [9.17, 15) is 9.59 Å². The molecule has 2 unspecified atom stereocenters. The van der Waals surface area contributed by atoms with E-state index in [2.05, 4.69) is 0 Å². The second-order valence-corrected chi connectivity index (χ2v) is 5.20. The third-order valence-corrected chi connectivity index (χ3v) is 4.00. The average molecular weight is 307 g/mol. The third-order valence-electron chi connectivity index (χ3n) is 4.00. The lowest BCUT2D eigenvalue weighted by molar-refractivity contribution is -0.150. The van der Waals surface area contributed by atoms with Crippen LogP contribution < -0.4 is 9.47 Å². The van der Waals surface area contributed by atoms with Gasteiger partial charge in [-0.15, -0.1) is 0 Å². The standard InChI is InChI=1S/C16H21NO5/c1-10(11-7-12(20-2)9-13(8-11)21-3)17-14(16(19)22-4)5-6-15(17)18/h7-10,14H,5-6H2,1-4H3. The number of ether oxygens (including phenoxy) is 3. The molecule has 1 aliphatic rings. The van der Waals surface area contributed by atoms with Crippen molar-refractivity contribution >= 4 is 11.9 Å². The number of rotatable bonds is 5. The van der Waals surface area contributed by atoms with Gasteiger partial charge in [-0.2, -0.15) is 0 Å². The molecule has 6 heteroatoms. The number of carbonyl (C=O) groups excluding carboxylic acids is 2. The number of esters is 1. The highest BCUT2D eigenvalue weighted by atomic mass is 16.5. The molecule has 1 saturated heterocycles. The number of methoxy groups -OCH3 is 3. The first kappa shape index (κ1) is 16.1. The molecule has 1 aliphatic heterocycles. The van der Waals surface area contributed by atoms with Gasteiger partial charge in [0.2, 0.25) is 5.91 Å². The van der Waals surface area contributed by atoms with Crippen molar-refractivity contribution in [3.05, 3.63) is 23.8 Å². The van der Waals surface area contributed by atoms with Crippen molar-refractivity contribution in [1.29, 1.82) is 0 Å². The zero-order chi connectivity index (χ0) is 16.3. The lowest BCUT2D eigenvalue weighted by Crippen LogP contribution is -2.40. The van der Waals surface area contributed by atoms with Crippen LogP contribution in [0.3, 0.4) is 0 Å². The van der Waals surface area contributed by atoms with Crippen LogP contribution in [-0.4, -0.2) is 44.1 Å². The smallest absolute Gasteiger partial charge is 0.328 e. The topological polar surface area (TPSA) is 65.1 Å². The lowest BCUT2D eigenvalue weighted by Gasteiger charge is -2.30. The minimum atomic E-state index is -0.537. The van der Waals surface area contributed by atoms with Crippen LogP contribution in [0.15, 0.2) is 18.2 Å². The maximum absolute atomic E-state index is 12.2. The Labute approximate surface area is 129 Å². The number of likely N-dealkylation sites (tertiary alicyclic amines) is 1. The molecule has 0 aromatic heterocycles. The summed E-state index contributed by atoms with van der Waals surface area (Å²) in [4.78, 5) is 25.7. The molecule has 2 rings (SSSR count). The Morgan fingerprint density at radius 2 is 1.77 bits per heavy atom. The average Bonchev–Trinajstić information content (AvgIpc) is 2.94. The van der Waals surface area contributed by atoms with E-state index in [4.69, 9.17) is 14.2 Å². The Morgan fingerprint density at radius 3 is 2.27 bits per heavy atom. The predicted molar refractivity (Wildman–Crippen MR) is 79.8 cm³/mol. The van der Waals surface area contributed by atoms with Crippen LogP contribution in [0.1, 0.15) is 31.4 Å². The monoisotopic (exact) mass is 307 g/mol. The van der Waals surface area contributed by atoms with Gasteiger partial charge in [-0.05, 0) is 31.0 Å². The largest absolute Gasteiger partial charge is 0.497 e. The molecule has 22 heavy (non-hydrogen) atoms. The van der Waals surface area contributed by atoms with Crippen LogP contribution in [0.4, 0.5) is 0 Å². The Bertz CT molecular complexity index is 549. The predicted octanol–water partition coefficient (Wildman–Crippen LogP) is 1.93. The Hall–Kier alpha value is -2.24. The highest BCUT2D eigenvalue weighted by Crippen LogP contribution is 2.34. The lowest BCUT2D eigenvalue weighted by atomic mass is 10.0. The van der Waals surface area contributed by atoms with Crippen molar-refractivity contribution in [3.63, 3.8) is 0 Å². The van der Waals surface area contributed by atoms with Crippen LogP contribution in [0.5, 0.6) is 11.5 Å². The number of nitrogens with zero attached hydrogens (tertiary/aromatic N) is 1. The number of benzene rings is 1. The maximum Gasteiger partial charge on any atom is 0.328 e. The molecule has 6 nitrogen and oxygen atoms in total. The maximum atomic E-state index is 12.2. The summed E-state index contributed by atoms with van der Waals surface area (Å²) < 4.78 is 15.3. The van der Waals surface area contributed by atoms with Crippen LogP contribution in [0.25, 0.3) is 0 Å². The van der Waals surface area contributed by atoms with Gasteiger partial charge in [0.1, 0.15) is 17.5 Å². The minimum absolute atomic E-state index is 0.0512. The van der Waals surface area contributed by atoms with Gasteiger partial charge in [0.15, 0.2) is 0 Å². The molecule has 120 valence electrons. The molecule has 0 aliphatic carbocycles. The Balaban J connectivity index is 2.34. The molecule has 1 aromatic carbocycles. The number of hydrogen-bond donors (Lipinski definition) is 0. The van der Waals surface area contributed by atoms with Gasteiger partial charge in [-0.1, -0.05) is 0 Å². The molecule has 2 atom stereocenters. The normalized spacial score (nSPS) is 19.0. The van der Waals surface area contributed by atoms with E-state index in [0.29, 0.717) is 24.3 Å². The summed E-state index contributed by atoms with van der Waals surface area (Å²) in [6.07, 6.45) is 0.835. The third kappa shape index (κ3) is 3.00. The molecule has 1 aromatic rings. The van der Waals surface area contributed by atoms with Gasteiger partial charge in [0.05, 0.1) is 27.4 Å². The second kappa shape index (κ2) is 6.68. The second-order valence-electron chi connectivity index (χ2n) is 5.20. The van der Waals surface area contributed by atoms with Crippen molar-refractivity contribution in [2.75, 3.05) is 21.3 Å². The summed E-state index contributed by atoms with van der Waals surface area (Å²) in [6, 6.07) is 4.63. The van der Waals surface area contributed by atoms with E-state index in [1.165, 1.54) is 7.11 Å². The molecule has 0 N–H and O–H groups in total. The summed E-state index contributed by atoms with van der Waals surface area (Å²) >= 11 is 0. The minimum Gasteiger partial charge on any atom is -0.497 e. The van der Waals surface area contributed by atoms with E-state index in [1.54, 1.807) is 25.2 Å². The highest BCUT2D eigenvalue weighted by Gasteiger charge is 2.40. The first-order valence-corrected chi connectivity index (χ1v) is 7.13. The van der Waals surface area contributed by atoms with E-state index >= 15 is 0 Å². The molecular weight excluding hydrogens is 286 g/mol. The van der Waals surface area contributed by atoms with Gasteiger partial charge >= 0.3 is 5.97 Å². The molecule has 0 radical (unpaired) electrons. The summed E-state index contributed by atoms with van der Waals surface area (Å²) in [6.45, 7) is 1.88. The number of hydrogen-bond acceptors (Lipinski definition) is 5. The zero-order valence-corrected chi connectivity index (χ0v) is 13.3. The van der Waals surface area contributed by atoms with Crippen molar-refractivity contribution in [3.8, 4) is 11.5 Å². The summed E-state index contributed by atoms with van der Waals surface area (Å²) in [5.74, 6) is 0.849. The van der Waals surface area contributed by atoms with E-state index in [-0.39, 0.29) is 17.9 Å². The van der Waals surface area contributed by atoms with Gasteiger partial charge in [-0.25, -0.2) is 4.79 Å². The van der Waals surface area contributed by atoms with E-state index in [0.717, 1.165) is 5.56 Å². The fourth-order valence-electron chi connectivity index (χ4n) is 2.79. The van der Waals surface area contributed by atoms with E-state index in [1.807, 2.05) is 19.1 Å². The van der Waals surface area contributed by atoms with Gasteiger partial charge < -0.3 is 19.1 Å². The van der Waals surface area contributed by atoms with E-state index < -0.39 is 6.04 Å². The fraction of sp³-hybridized carbons (Fsp3) is 0.500. The van der Waals surface area contributed by atoms with Crippen molar-refractivity contribution in [1.82, 2.24) is 4.90 Å². The van der Waals surface area contributed by atoms with Gasteiger partial charge in [0, 0.05) is 12.5 Å². The quantitative estimate of drug-likeness (QED) is 0.778. The van der Waals surface area contributed by atoms with Gasteiger partial charge in [-0.3, -0.25) is 4.79 Å². The first-order chi connectivity index (χ1) is 10.5. The van der Waals surface area contributed by atoms with Crippen LogP contribution in [0.2, 0.25) is 0 Å². The zero-order valence-electron chi connectivity index (χ0n) is 13.3. The fourth-order valence-corrected chi connectivity index (χ4v) is 2.79. The van der Waals surface area contributed by atoms with Crippen molar-refractivity contribution in [2.45, 2.75) is 31.8 Å².